The lowest BCUT2D eigenvalue weighted by Crippen LogP contribution is -2.43. The van der Waals surface area contributed by atoms with Gasteiger partial charge in [-0.15, -0.1) is 0 Å². The standard InChI is InChI=1S/C15H30N2O3/c1-5-6-7-8-13(4)16-14(18)10-17(9-12(2)3)11-15(19)20/h12-13H,5-11H2,1-4H3,(H,16,18)(H,19,20). The number of hydrogen-bond acceptors (Lipinski definition) is 3. The van der Waals surface area contributed by atoms with Crippen LogP contribution in [0.15, 0.2) is 0 Å². The van der Waals surface area contributed by atoms with E-state index in [0.717, 1.165) is 12.8 Å². The SMILES string of the molecule is CCCCCC(C)NC(=O)CN(CC(=O)O)CC(C)C. The molecule has 0 aromatic heterocycles. The number of carbonyl (C=O) groups is 2. The van der Waals surface area contributed by atoms with E-state index in [-0.39, 0.29) is 25.0 Å². The van der Waals surface area contributed by atoms with Gasteiger partial charge in [-0.05, 0) is 19.3 Å². The lowest BCUT2D eigenvalue weighted by Gasteiger charge is -2.23. The van der Waals surface area contributed by atoms with Crippen molar-refractivity contribution >= 4 is 11.9 Å². The first-order valence-electron chi connectivity index (χ1n) is 7.58. The summed E-state index contributed by atoms with van der Waals surface area (Å²) in [5.41, 5.74) is 0. The molecule has 0 aromatic carbocycles. The van der Waals surface area contributed by atoms with Crippen LogP contribution >= 0.6 is 0 Å². The molecule has 0 heterocycles. The van der Waals surface area contributed by atoms with Crippen molar-refractivity contribution in [1.29, 1.82) is 0 Å². The minimum atomic E-state index is -0.894. The number of carbonyl (C=O) groups excluding carboxylic acids is 1. The Hall–Kier alpha value is -1.10. The fourth-order valence-electron chi connectivity index (χ4n) is 2.19. The number of amides is 1. The van der Waals surface area contributed by atoms with Crippen LogP contribution in [-0.2, 0) is 9.59 Å². The number of nitrogens with one attached hydrogen (secondary N) is 1. The van der Waals surface area contributed by atoms with Crippen molar-refractivity contribution in [2.24, 2.45) is 5.92 Å². The second kappa shape index (κ2) is 10.7. The lowest BCUT2D eigenvalue weighted by molar-refractivity contribution is -0.138. The average Bonchev–Trinajstić information content (AvgIpc) is 2.26. The maximum absolute atomic E-state index is 11.9. The maximum atomic E-state index is 11.9. The molecule has 0 saturated heterocycles. The van der Waals surface area contributed by atoms with Crippen LogP contribution in [0.25, 0.3) is 0 Å². The molecule has 0 aliphatic rings. The number of rotatable bonds is 11. The third-order valence-corrected chi connectivity index (χ3v) is 3.00. The van der Waals surface area contributed by atoms with Crippen LogP contribution in [0.1, 0.15) is 53.4 Å². The third-order valence-electron chi connectivity index (χ3n) is 3.00. The van der Waals surface area contributed by atoms with Crippen molar-refractivity contribution in [3.8, 4) is 0 Å². The van der Waals surface area contributed by atoms with E-state index in [1.807, 2.05) is 20.8 Å². The monoisotopic (exact) mass is 286 g/mol. The van der Waals surface area contributed by atoms with Crippen LogP contribution in [0.5, 0.6) is 0 Å². The summed E-state index contributed by atoms with van der Waals surface area (Å²) in [4.78, 5) is 24.4. The highest BCUT2D eigenvalue weighted by molar-refractivity contribution is 5.79. The molecule has 0 fully saturated rings. The molecule has 0 spiro atoms. The number of aliphatic carboxylic acids is 1. The first-order valence-corrected chi connectivity index (χ1v) is 7.58. The van der Waals surface area contributed by atoms with Crippen molar-refractivity contribution in [1.82, 2.24) is 10.2 Å². The molecule has 0 aromatic rings. The maximum Gasteiger partial charge on any atom is 0.317 e. The molecular weight excluding hydrogens is 256 g/mol. The highest BCUT2D eigenvalue weighted by Gasteiger charge is 2.16. The van der Waals surface area contributed by atoms with E-state index in [9.17, 15) is 9.59 Å². The molecule has 5 nitrogen and oxygen atoms in total. The molecule has 20 heavy (non-hydrogen) atoms. The quantitative estimate of drug-likeness (QED) is 0.571. The fourth-order valence-corrected chi connectivity index (χ4v) is 2.19. The Labute approximate surface area is 122 Å². The molecule has 0 aliphatic carbocycles. The van der Waals surface area contributed by atoms with Crippen molar-refractivity contribution in [3.05, 3.63) is 0 Å². The molecule has 1 amide bonds. The van der Waals surface area contributed by atoms with Crippen molar-refractivity contribution < 1.29 is 14.7 Å². The van der Waals surface area contributed by atoms with E-state index in [2.05, 4.69) is 12.2 Å². The molecule has 0 radical (unpaired) electrons. The van der Waals surface area contributed by atoms with E-state index in [4.69, 9.17) is 5.11 Å². The lowest BCUT2D eigenvalue weighted by atomic mass is 10.1. The summed E-state index contributed by atoms with van der Waals surface area (Å²) in [6.45, 7) is 8.86. The Balaban J connectivity index is 4.13. The minimum absolute atomic E-state index is 0.0871. The molecule has 2 N–H and O–H groups in total. The summed E-state index contributed by atoms with van der Waals surface area (Å²) < 4.78 is 0. The highest BCUT2D eigenvalue weighted by Crippen LogP contribution is 2.03. The molecular formula is C15H30N2O3. The van der Waals surface area contributed by atoms with Crippen LogP contribution in [-0.4, -0.2) is 47.6 Å². The number of carboxylic acids is 1. The van der Waals surface area contributed by atoms with Gasteiger partial charge in [0.15, 0.2) is 0 Å². The minimum Gasteiger partial charge on any atom is -0.480 e. The van der Waals surface area contributed by atoms with Gasteiger partial charge in [0.2, 0.25) is 5.91 Å². The molecule has 1 unspecified atom stereocenters. The summed E-state index contributed by atoms with van der Waals surface area (Å²) in [7, 11) is 0. The van der Waals surface area contributed by atoms with E-state index in [0.29, 0.717) is 12.5 Å². The van der Waals surface area contributed by atoms with Gasteiger partial charge in [-0.25, -0.2) is 0 Å². The predicted molar refractivity (Wildman–Crippen MR) is 80.7 cm³/mol. The summed E-state index contributed by atoms with van der Waals surface area (Å²) in [6, 6.07) is 0.153. The average molecular weight is 286 g/mol. The Morgan fingerprint density at radius 2 is 1.80 bits per heavy atom. The van der Waals surface area contributed by atoms with Crippen LogP contribution in [0.2, 0.25) is 0 Å². The molecule has 0 saturated carbocycles. The Bertz CT molecular complexity index is 293. The molecule has 0 bridgehead atoms. The van der Waals surface area contributed by atoms with Crippen LogP contribution in [0, 0.1) is 5.92 Å². The third kappa shape index (κ3) is 10.8. The first-order chi connectivity index (χ1) is 9.35. The van der Waals surface area contributed by atoms with Crippen molar-refractivity contribution in [2.45, 2.75) is 59.4 Å². The zero-order valence-electron chi connectivity index (χ0n) is 13.3. The van der Waals surface area contributed by atoms with Gasteiger partial charge in [-0.1, -0.05) is 40.0 Å². The van der Waals surface area contributed by atoms with Gasteiger partial charge in [-0.3, -0.25) is 14.5 Å². The molecule has 1 atom stereocenters. The van der Waals surface area contributed by atoms with E-state index in [1.54, 1.807) is 4.90 Å². The highest BCUT2D eigenvalue weighted by atomic mass is 16.4. The number of carboxylic acid groups (broad SMARTS) is 1. The summed E-state index contributed by atoms with van der Waals surface area (Å²) in [5, 5.41) is 11.8. The van der Waals surface area contributed by atoms with E-state index in [1.165, 1.54) is 12.8 Å². The molecule has 0 aliphatic heterocycles. The topological polar surface area (TPSA) is 69.6 Å². The van der Waals surface area contributed by atoms with Crippen LogP contribution in [0.4, 0.5) is 0 Å². The summed E-state index contributed by atoms with van der Waals surface area (Å²) in [5.74, 6) is -0.644. The van der Waals surface area contributed by atoms with Gasteiger partial charge < -0.3 is 10.4 Å². The largest absolute Gasteiger partial charge is 0.480 e. The predicted octanol–water partition coefficient (Wildman–Crippen LogP) is 2.11. The molecule has 0 rings (SSSR count). The van der Waals surface area contributed by atoms with E-state index < -0.39 is 5.97 Å². The fraction of sp³-hybridized carbons (Fsp3) is 0.867. The smallest absolute Gasteiger partial charge is 0.317 e. The normalized spacial score (nSPS) is 12.7. The first kappa shape index (κ1) is 18.9. The molecule has 5 heteroatoms. The Morgan fingerprint density at radius 3 is 2.30 bits per heavy atom. The van der Waals surface area contributed by atoms with Gasteiger partial charge >= 0.3 is 5.97 Å². The van der Waals surface area contributed by atoms with E-state index >= 15 is 0 Å². The van der Waals surface area contributed by atoms with Crippen molar-refractivity contribution in [2.75, 3.05) is 19.6 Å². The van der Waals surface area contributed by atoms with Gasteiger partial charge in [0.05, 0.1) is 13.1 Å². The Kier molecular flexibility index (Phi) is 10.1. The van der Waals surface area contributed by atoms with Gasteiger partial charge in [0, 0.05) is 12.6 Å². The second-order valence-electron chi connectivity index (χ2n) is 5.92. The van der Waals surface area contributed by atoms with Gasteiger partial charge in [0.1, 0.15) is 0 Å². The zero-order chi connectivity index (χ0) is 15.5. The second-order valence-corrected chi connectivity index (χ2v) is 5.92. The molecule has 118 valence electrons. The summed E-state index contributed by atoms with van der Waals surface area (Å²) >= 11 is 0. The van der Waals surface area contributed by atoms with Gasteiger partial charge in [0.25, 0.3) is 0 Å². The zero-order valence-corrected chi connectivity index (χ0v) is 13.3. The van der Waals surface area contributed by atoms with Crippen LogP contribution < -0.4 is 5.32 Å². The van der Waals surface area contributed by atoms with Gasteiger partial charge in [-0.2, -0.15) is 0 Å². The number of hydrogen-bond donors (Lipinski definition) is 2. The van der Waals surface area contributed by atoms with Crippen molar-refractivity contribution in [3.63, 3.8) is 0 Å². The Morgan fingerprint density at radius 1 is 1.15 bits per heavy atom. The number of unbranched alkanes of at least 4 members (excludes halogenated alkanes) is 2. The number of nitrogens with zero attached hydrogens (tertiary/aromatic N) is 1. The summed E-state index contributed by atoms with van der Waals surface area (Å²) in [6.07, 6.45) is 4.44. The van der Waals surface area contributed by atoms with Crippen LogP contribution in [0.3, 0.4) is 0 Å².